The molecule has 0 bridgehead atoms. The molecular weight excluding hydrogens is 354 g/mol. The van der Waals surface area contributed by atoms with Crippen LogP contribution in [0.3, 0.4) is 0 Å². The third kappa shape index (κ3) is 3.00. The summed E-state index contributed by atoms with van der Waals surface area (Å²) in [5.74, 6) is 3.41. The van der Waals surface area contributed by atoms with Gasteiger partial charge in [0.15, 0.2) is 5.82 Å². The molecule has 0 atom stereocenters. The highest BCUT2D eigenvalue weighted by molar-refractivity contribution is 5.88. The molecule has 140 valence electrons. The Kier molecular flexibility index (Phi) is 4.04. The molecule has 9 heteroatoms. The summed E-state index contributed by atoms with van der Waals surface area (Å²) in [7, 11) is 0. The average molecular weight is 373 g/mol. The predicted molar refractivity (Wildman–Crippen MR) is 106 cm³/mol. The fourth-order valence-corrected chi connectivity index (χ4v) is 3.51. The van der Waals surface area contributed by atoms with E-state index in [1.54, 1.807) is 29.6 Å². The van der Waals surface area contributed by atoms with Gasteiger partial charge in [-0.1, -0.05) is 0 Å². The molecule has 1 fully saturated rings. The number of rotatable bonds is 3. The molecule has 9 nitrogen and oxygen atoms in total. The van der Waals surface area contributed by atoms with Crippen molar-refractivity contribution < 1.29 is 0 Å². The van der Waals surface area contributed by atoms with Gasteiger partial charge in [0.2, 0.25) is 0 Å². The van der Waals surface area contributed by atoms with E-state index in [4.69, 9.17) is 4.98 Å². The lowest BCUT2D eigenvalue weighted by molar-refractivity contribution is 0.640. The lowest BCUT2D eigenvalue weighted by atomic mass is 10.2. The van der Waals surface area contributed by atoms with Crippen molar-refractivity contribution in [3.05, 3.63) is 55.1 Å². The van der Waals surface area contributed by atoms with Gasteiger partial charge in [0.05, 0.1) is 11.7 Å². The zero-order valence-corrected chi connectivity index (χ0v) is 15.5. The second kappa shape index (κ2) is 6.84. The quantitative estimate of drug-likeness (QED) is 0.535. The first kappa shape index (κ1) is 16.5. The topological polar surface area (TPSA) is 88.8 Å². The van der Waals surface area contributed by atoms with Crippen molar-refractivity contribution >= 4 is 22.5 Å². The Morgan fingerprint density at radius 2 is 1.75 bits per heavy atom. The Bertz CT molecular complexity index is 1100. The minimum atomic E-state index is 0.762. The van der Waals surface area contributed by atoms with Crippen LogP contribution >= 0.6 is 0 Å². The van der Waals surface area contributed by atoms with Gasteiger partial charge in [0.25, 0.3) is 0 Å². The summed E-state index contributed by atoms with van der Waals surface area (Å²) in [5.41, 5.74) is 0.882. The maximum absolute atomic E-state index is 4.70. The van der Waals surface area contributed by atoms with Gasteiger partial charge in [-0.05, 0) is 19.1 Å². The van der Waals surface area contributed by atoms with E-state index in [1.165, 1.54) is 0 Å². The van der Waals surface area contributed by atoms with Crippen LogP contribution in [0.2, 0.25) is 0 Å². The number of piperazine rings is 1. The summed E-state index contributed by atoms with van der Waals surface area (Å²) >= 11 is 0. The number of aryl methyl sites for hydroxylation is 1. The molecule has 4 aromatic heterocycles. The molecule has 1 aliphatic heterocycles. The molecule has 1 saturated heterocycles. The Hall–Kier alpha value is -3.62. The number of nitrogens with zero attached hydrogens (tertiary/aromatic N) is 9. The normalized spacial score (nSPS) is 14.6. The first-order valence-electron chi connectivity index (χ1n) is 9.18. The average Bonchev–Trinajstić information content (AvgIpc) is 3.28. The van der Waals surface area contributed by atoms with Crippen LogP contribution in [0.4, 0.5) is 11.6 Å². The molecule has 5 rings (SSSR count). The summed E-state index contributed by atoms with van der Waals surface area (Å²) in [4.78, 5) is 26.7. The van der Waals surface area contributed by atoms with Crippen LogP contribution < -0.4 is 9.80 Å². The van der Waals surface area contributed by atoms with Crippen molar-refractivity contribution in [1.82, 2.24) is 34.7 Å². The van der Waals surface area contributed by atoms with Gasteiger partial charge in [0.1, 0.15) is 23.8 Å². The van der Waals surface area contributed by atoms with Gasteiger partial charge < -0.3 is 9.80 Å². The van der Waals surface area contributed by atoms with Crippen molar-refractivity contribution in [1.29, 1.82) is 0 Å². The van der Waals surface area contributed by atoms with E-state index in [-0.39, 0.29) is 0 Å². The summed E-state index contributed by atoms with van der Waals surface area (Å²) in [6.45, 7) is 5.34. The van der Waals surface area contributed by atoms with Crippen LogP contribution in [-0.2, 0) is 0 Å². The molecule has 0 saturated carbocycles. The molecule has 0 radical (unpaired) electrons. The van der Waals surface area contributed by atoms with Crippen molar-refractivity contribution in [3.8, 4) is 5.82 Å². The predicted octanol–water partition coefficient (Wildman–Crippen LogP) is 1.64. The number of hydrogen-bond donors (Lipinski definition) is 0. The zero-order chi connectivity index (χ0) is 18.9. The zero-order valence-electron chi connectivity index (χ0n) is 15.5. The number of anilines is 2. The Morgan fingerprint density at radius 3 is 2.57 bits per heavy atom. The minimum absolute atomic E-state index is 0.762. The van der Waals surface area contributed by atoms with Crippen molar-refractivity contribution in [2.24, 2.45) is 0 Å². The van der Waals surface area contributed by atoms with Gasteiger partial charge in [-0.2, -0.15) is 5.10 Å². The molecular formula is C19H19N9. The van der Waals surface area contributed by atoms with E-state index in [0.29, 0.717) is 0 Å². The highest BCUT2D eigenvalue weighted by Crippen LogP contribution is 2.25. The van der Waals surface area contributed by atoms with Crippen LogP contribution in [0.25, 0.3) is 16.7 Å². The van der Waals surface area contributed by atoms with Gasteiger partial charge in [-0.15, -0.1) is 0 Å². The summed E-state index contributed by atoms with van der Waals surface area (Å²) < 4.78 is 1.74. The molecule has 0 aliphatic carbocycles. The first-order chi connectivity index (χ1) is 13.8. The fraction of sp³-hybridized carbons (Fsp3) is 0.263. The smallest absolute Gasteiger partial charge is 0.158 e. The van der Waals surface area contributed by atoms with Gasteiger partial charge >= 0.3 is 0 Å². The van der Waals surface area contributed by atoms with Crippen LogP contribution in [0.1, 0.15) is 5.82 Å². The molecule has 28 heavy (non-hydrogen) atoms. The molecule has 0 unspecified atom stereocenters. The van der Waals surface area contributed by atoms with Crippen LogP contribution in [0.15, 0.2) is 49.3 Å². The van der Waals surface area contributed by atoms with Gasteiger partial charge in [-0.3, -0.25) is 4.98 Å². The SMILES string of the molecule is Cc1nc(N2CCN(c3cc(-n4cccn4)ncn3)CC2)c2ccncc2n1. The molecule has 0 spiro atoms. The largest absolute Gasteiger partial charge is 0.353 e. The van der Waals surface area contributed by atoms with E-state index in [9.17, 15) is 0 Å². The minimum Gasteiger partial charge on any atom is -0.353 e. The Morgan fingerprint density at radius 1 is 0.929 bits per heavy atom. The van der Waals surface area contributed by atoms with Gasteiger partial charge in [-0.25, -0.2) is 24.6 Å². The molecule has 1 aliphatic rings. The number of aromatic nitrogens is 7. The standard InChI is InChI=1S/C19H19N9/c1-14-24-16-12-20-5-3-15(16)19(25-14)27-9-7-26(8-10-27)17-11-18(22-13-21-17)28-6-2-4-23-28/h2-6,11-13H,7-10H2,1H3. The summed E-state index contributed by atoms with van der Waals surface area (Å²) in [6.07, 6.45) is 8.79. The number of pyridine rings is 1. The second-order valence-electron chi connectivity index (χ2n) is 6.65. The van der Waals surface area contributed by atoms with Gasteiger partial charge in [0, 0.05) is 56.2 Å². The summed E-state index contributed by atoms with van der Waals surface area (Å²) in [6, 6.07) is 5.83. The number of fused-ring (bicyclic) bond motifs is 1. The molecule has 4 aromatic rings. The highest BCUT2D eigenvalue weighted by Gasteiger charge is 2.21. The lowest BCUT2D eigenvalue weighted by Gasteiger charge is -2.36. The van der Waals surface area contributed by atoms with E-state index < -0.39 is 0 Å². The van der Waals surface area contributed by atoms with E-state index in [2.05, 4.69) is 34.8 Å². The third-order valence-electron chi connectivity index (χ3n) is 4.87. The van der Waals surface area contributed by atoms with Crippen molar-refractivity contribution in [3.63, 3.8) is 0 Å². The van der Waals surface area contributed by atoms with Crippen molar-refractivity contribution in [2.45, 2.75) is 6.92 Å². The molecule has 0 amide bonds. The van der Waals surface area contributed by atoms with Crippen LogP contribution in [0.5, 0.6) is 0 Å². The van der Waals surface area contributed by atoms with Crippen LogP contribution in [0, 0.1) is 6.92 Å². The molecule has 0 aromatic carbocycles. The number of hydrogen-bond acceptors (Lipinski definition) is 8. The second-order valence-corrected chi connectivity index (χ2v) is 6.65. The summed E-state index contributed by atoms with van der Waals surface area (Å²) in [5, 5.41) is 5.28. The van der Waals surface area contributed by atoms with Crippen LogP contribution in [-0.4, -0.2) is 60.9 Å². The molecule has 5 heterocycles. The Balaban J connectivity index is 1.37. The Labute approximate surface area is 161 Å². The van der Waals surface area contributed by atoms with E-state index >= 15 is 0 Å². The highest BCUT2D eigenvalue weighted by atomic mass is 15.3. The molecule has 0 N–H and O–H groups in total. The maximum Gasteiger partial charge on any atom is 0.158 e. The first-order valence-corrected chi connectivity index (χ1v) is 9.18. The van der Waals surface area contributed by atoms with E-state index in [0.717, 1.165) is 60.4 Å². The fourth-order valence-electron chi connectivity index (χ4n) is 3.51. The monoisotopic (exact) mass is 373 g/mol. The third-order valence-corrected chi connectivity index (χ3v) is 4.87. The van der Waals surface area contributed by atoms with E-state index in [1.807, 2.05) is 31.3 Å². The van der Waals surface area contributed by atoms with Crippen molar-refractivity contribution in [2.75, 3.05) is 36.0 Å². The lowest BCUT2D eigenvalue weighted by Crippen LogP contribution is -2.47. The maximum atomic E-state index is 4.70.